The molecule has 0 saturated carbocycles. The van der Waals surface area contributed by atoms with Gasteiger partial charge in [0.15, 0.2) is 0 Å². The van der Waals surface area contributed by atoms with E-state index in [1.807, 2.05) is 0 Å². The summed E-state index contributed by atoms with van der Waals surface area (Å²) in [4.78, 5) is 20.4. The molecular formula is C5H6NNaO3. The average Bonchev–Trinajstić information content (AvgIpc) is 2.14. The molecule has 1 amide bonds. The number of rotatable bonds is 1. The molecule has 1 fully saturated rings. The summed E-state index contributed by atoms with van der Waals surface area (Å²) in [5.74, 6) is -1.96. The molecule has 1 N–H and O–H groups in total. The molecule has 1 saturated heterocycles. The van der Waals surface area contributed by atoms with Crippen LogP contribution in [0.2, 0.25) is 0 Å². The second kappa shape index (κ2) is 3.95. The van der Waals surface area contributed by atoms with Crippen LogP contribution in [0.5, 0.6) is 0 Å². The first-order valence-electron chi connectivity index (χ1n) is 2.67. The molecule has 4 nitrogen and oxygen atoms in total. The molecular weight excluding hydrogens is 145 g/mol. The fourth-order valence-corrected chi connectivity index (χ4v) is 0.772. The average molecular weight is 151 g/mol. The zero-order valence-electron chi connectivity index (χ0n) is 5.72. The van der Waals surface area contributed by atoms with Crippen molar-refractivity contribution in [1.29, 1.82) is 0 Å². The molecule has 1 atom stereocenters. The van der Waals surface area contributed by atoms with Crippen molar-refractivity contribution in [3.8, 4) is 0 Å². The van der Waals surface area contributed by atoms with Crippen LogP contribution in [0.3, 0.4) is 0 Å². The van der Waals surface area contributed by atoms with Crippen molar-refractivity contribution in [1.82, 2.24) is 5.32 Å². The number of carbonyl (C=O) groups excluding carboxylic acids is 2. The van der Waals surface area contributed by atoms with E-state index in [-0.39, 0.29) is 48.4 Å². The molecule has 0 aromatic heterocycles. The Morgan fingerprint density at radius 2 is 2.30 bits per heavy atom. The Bertz CT molecular complexity index is 159. The predicted molar refractivity (Wildman–Crippen MR) is 26.1 cm³/mol. The summed E-state index contributed by atoms with van der Waals surface area (Å²) in [6.07, 6.45) is 0.0718. The van der Waals surface area contributed by atoms with Gasteiger partial charge >= 0.3 is 29.6 Å². The molecule has 10 heavy (non-hydrogen) atoms. The molecule has 0 aliphatic carbocycles. The molecule has 0 aromatic carbocycles. The minimum absolute atomic E-state index is 0. The SMILES string of the molecule is O=C1CC(C(=O)[O-])CN1.[Na+]. The van der Waals surface area contributed by atoms with Gasteiger partial charge in [-0.2, -0.15) is 0 Å². The largest absolute Gasteiger partial charge is 1.00 e. The summed E-state index contributed by atoms with van der Waals surface area (Å²) < 4.78 is 0. The molecule has 1 heterocycles. The molecule has 0 bridgehead atoms. The van der Waals surface area contributed by atoms with Crippen molar-refractivity contribution in [3.63, 3.8) is 0 Å². The van der Waals surface area contributed by atoms with Crippen molar-refractivity contribution >= 4 is 11.9 Å². The summed E-state index contributed by atoms with van der Waals surface area (Å²) in [6.45, 7) is 0.223. The predicted octanol–water partition coefficient (Wildman–Crippen LogP) is -5.12. The topological polar surface area (TPSA) is 69.2 Å². The van der Waals surface area contributed by atoms with E-state index in [0.29, 0.717) is 0 Å². The van der Waals surface area contributed by atoms with Crippen LogP contribution in [0.1, 0.15) is 6.42 Å². The first kappa shape index (κ1) is 9.94. The fourth-order valence-electron chi connectivity index (χ4n) is 0.772. The molecule has 5 heteroatoms. The summed E-state index contributed by atoms with van der Waals surface area (Å²) >= 11 is 0. The Balaban J connectivity index is 0.000000810. The summed E-state index contributed by atoms with van der Waals surface area (Å²) in [5, 5.41) is 12.4. The Morgan fingerprint density at radius 3 is 2.50 bits per heavy atom. The van der Waals surface area contributed by atoms with Crippen molar-refractivity contribution in [2.45, 2.75) is 6.42 Å². The number of hydrogen-bond donors (Lipinski definition) is 1. The van der Waals surface area contributed by atoms with Crippen LogP contribution in [0.4, 0.5) is 0 Å². The van der Waals surface area contributed by atoms with Crippen LogP contribution >= 0.6 is 0 Å². The number of carboxylic acids is 1. The second-order valence-electron chi connectivity index (χ2n) is 2.02. The number of nitrogens with one attached hydrogen (secondary N) is 1. The van der Waals surface area contributed by atoms with Gasteiger partial charge in [0, 0.05) is 24.9 Å². The van der Waals surface area contributed by atoms with Gasteiger partial charge in [0.25, 0.3) is 0 Å². The van der Waals surface area contributed by atoms with Crippen molar-refractivity contribution < 1.29 is 44.3 Å². The van der Waals surface area contributed by atoms with Gasteiger partial charge in [-0.25, -0.2) is 0 Å². The monoisotopic (exact) mass is 151 g/mol. The van der Waals surface area contributed by atoms with Gasteiger partial charge in [-0.15, -0.1) is 0 Å². The first-order chi connectivity index (χ1) is 4.20. The standard InChI is InChI=1S/C5H7NO3.Na/c7-4-1-3(2-6-4)5(8)9;/h3H,1-2H2,(H,6,7)(H,8,9);/q;+1/p-1. The van der Waals surface area contributed by atoms with E-state index in [1.54, 1.807) is 0 Å². The van der Waals surface area contributed by atoms with Gasteiger partial charge in [-0.05, 0) is 0 Å². The normalized spacial score (nSPS) is 23.2. The summed E-state index contributed by atoms with van der Waals surface area (Å²) in [5.41, 5.74) is 0. The van der Waals surface area contributed by atoms with Gasteiger partial charge < -0.3 is 15.2 Å². The molecule has 1 unspecified atom stereocenters. The summed E-state index contributed by atoms with van der Waals surface area (Å²) in [6, 6.07) is 0. The minimum atomic E-state index is -1.15. The van der Waals surface area contributed by atoms with Crippen molar-refractivity contribution in [2.24, 2.45) is 5.92 Å². The molecule has 1 aliphatic rings. The van der Waals surface area contributed by atoms with E-state index in [9.17, 15) is 14.7 Å². The Morgan fingerprint density at radius 1 is 1.70 bits per heavy atom. The quantitative estimate of drug-likeness (QED) is 0.381. The Kier molecular flexibility index (Phi) is 3.93. The smallest absolute Gasteiger partial charge is 0.550 e. The molecule has 0 aromatic rings. The Hall–Kier alpha value is -0.0600. The molecule has 50 valence electrons. The van der Waals surface area contributed by atoms with Crippen molar-refractivity contribution in [2.75, 3.05) is 6.54 Å². The van der Waals surface area contributed by atoms with Gasteiger partial charge in [0.2, 0.25) is 5.91 Å². The zero-order valence-corrected chi connectivity index (χ0v) is 7.72. The number of aliphatic carboxylic acids is 1. The van der Waals surface area contributed by atoms with Crippen LogP contribution < -0.4 is 40.0 Å². The minimum Gasteiger partial charge on any atom is -0.550 e. The molecule has 1 rings (SSSR count). The zero-order chi connectivity index (χ0) is 6.85. The third-order valence-corrected chi connectivity index (χ3v) is 1.31. The molecule has 0 radical (unpaired) electrons. The van der Waals surface area contributed by atoms with E-state index in [1.165, 1.54) is 0 Å². The third kappa shape index (κ3) is 2.28. The van der Waals surface area contributed by atoms with E-state index >= 15 is 0 Å². The maximum absolute atomic E-state index is 10.4. The van der Waals surface area contributed by atoms with E-state index in [0.717, 1.165) is 0 Å². The number of amides is 1. The second-order valence-corrected chi connectivity index (χ2v) is 2.02. The third-order valence-electron chi connectivity index (χ3n) is 1.31. The maximum Gasteiger partial charge on any atom is 1.00 e. The van der Waals surface area contributed by atoms with Gasteiger partial charge in [0.05, 0.1) is 0 Å². The van der Waals surface area contributed by atoms with Gasteiger partial charge in [0.1, 0.15) is 0 Å². The fraction of sp³-hybridized carbons (Fsp3) is 0.600. The number of carboxylic acid groups (broad SMARTS) is 1. The molecule has 0 spiro atoms. The van der Waals surface area contributed by atoms with Crippen LogP contribution in [0, 0.1) is 5.92 Å². The van der Waals surface area contributed by atoms with E-state index in [2.05, 4.69) is 5.32 Å². The van der Waals surface area contributed by atoms with Gasteiger partial charge in [-0.1, -0.05) is 0 Å². The van der Waals surface area contributed by atoms with E-state index in [4.69, 9.17) is 0 Å². The van der Waals surface area contributed by atoms with Crippen LogP contribution in [-0.2, 0) is 9.59 Å². The van der Waals surface area contributed by atoms with Crippen LogP contribution in [-0.4, -0.2) is 18.4 Å². The molecule has 1 aliphatic heterocycles. The van der Waals surface area contributed by atoms with E-state index < -0.39 is 11.9 Å². The van der Waals surface area contributed by atoms with Crippen LogP contribution in [0.25, 0.3) is 0 Å². The van der Waals surface area contributed by atoms with Crippen LogP contribution in [0.15, 0.2) is 0 Å². The number of carbonyl (C=O) groups is 2. The summed E-state index contributed by atoms with van der Waals surface area (Å²) in [7, 11) is 0. The Labute approximate surface area is 80.3 Å². The number of hydrogen-bond acceptors (Lipinski definition) is 3. The van der Waals surface area contributed by atoms with Gasteiger partial charge in [-0.3, -0.25) is 4.79 Å². The van der Waals surface area contributed by atoms with Crippen molar-refractivity contribution in [3.05, 3.63) is 0 Å². The maximum atomic E-state index is 10.4. The first-order valence-corrected chi connectivity index (χ1v) is 2.67.